The number of nitrogens with two attached hydrogens (primary N) is 1. The van der Waals surface area contributed by atoms with E-state index in [0.29, 0.717) is 5.69 Å². The third-order valence-electron chi connectivity index (χ3n) is 1.18. The number of anilines is 1. The van der Waals surface area contributed by atoms with Gasteiger partial charge in [-0.3, -0.25) is 4.55 Å². The summed E-state index contributed by atoms with van der Waals surface area (Å²) < 4.78 is 37.7. The summed E-state index contributed by atoms with van der Waals surface area (Å²) in [6.07, 6.45) is -0.167. The molecule has 0 heterocycles. The van der Waals surface area contributed by atoms with Crippen LogP contribution in [0.2, 0.25) is 0 Å². The Morgan fingerprint density at radius 2 is 1.47 bits per heavy atom. The SMILES string of the molecule is CC(C)O.Nc1ccc(S(=O)(=O)O)cc1.[O]=[Ti]. The van der Waals surface area contributed by atoms with Gasteiger partial charge in [0, 0.05) is 11.8 Å². The van der Waals surface area contributed by atoms with E-state index in [1.165, 1.54) is 24.3 Å². The van der Waals surface area contributed by atoms with Crippen LogP contribution in [0, 0.1) is 0 Å². The second-order valence-electron chi connectivity index (χ2n) is 3.14. The summed E-state index contributed by atoms with van der Waals surface area (Å²) >= 11 is 0.750. The first-order chi connectivity index (χ1) is 7.73. The van der Waals surface area contributed by atoms with E-state index in [1.54, 1.807) is 13.8 Å². The summed E-state index contributed by atoms with van der Waals surface area (Å²) in [4.78, 5) is -0.147. The fourth-order valence-electron chi connectivity index (χ4n) is 0.640. The molecule has 0 fully saturated rings. The van der Waals surface area contributed by atoms with Crippen LogP contribution in [0.1, 0.15) is 13.8 Å². The number of benzene rings is 1. The number of rotatable bonds is 1. The van der Waals surface area contributed by atoms with Crippen molar-refractivity contribution in [1.82, 2.24) is 0 Å². The minimum absolute atomic E-state index is 0.147. The predicted molar refractivity (Wildman–Crippen MR) is 58.7 cm³/mol. The van der Waals surface area contributed by atoms with Crippen molar-refractivity contribution < 1.29 is 41.8 Å². The molecule has 17 heavy (non-hydrogen) atoms. The monoisotopic (exact) mass is 297 g/mol. The van der Waals surface area contributed by atoms with Crippen LogP contribution in [0.4, 0.5) is 5.69 Å². The zero-order valence-electron chi connectivity index (χ0n) is 9.49. The summed E-state index contributed by atoms with van der Waals surface area (Å²) in [5.41, 5.74) is 5.75. The average Bonchev–Trinajstić information content (AvgIpc) is 2.19. The Bertz CT molecular complexity index is 401. The van der Waals surface area contributed by atoms with Crippen LogP contribution in [0.3, 0.4) is 0 Å². The first-order valence-electron chi connectivity index (χ1n) is 4.45. The van der Waals surface area contributed by atoms with Crippen molar-refractivity contribution in [3.8, 4) is 0 Å². The van der Waals surface area contributed by atoms with E-state index in [0.717, 1.165) is 20.4 Å². The molecule has 0 spiro atoms. The van der Waals surface area contributed by atoms with E-state index in [2.05, 4.69) is 0 Å². The normalized spacial score (nSPS) is 9.65. The van der Waals surface area contributed by atoms with Gasteiger partial charge in [0.15, 0.2) is 0 Å². The molecule has 0 aromatic heterocycles. The molecule has 8 heteroatoms. The number of aliphatic hydroxyl groups excluding tert-OH is 1. The van der Waals surface area contributed by atoms with Gasteiger partial charge in [0.2, 0.25) is 0 Å². The van der Waals surface area contributed by atoms with Crippen molar-refractivity contribution in [3.63, 3.8) is 0 Å². The Morgan fingerprint density at radius 3 is 1.71 bits per heavy atom. The van der Waals surface area contributed by atoms with E-state index >= 15 is 0 Å². The zero-order chi connectivity index (χ0) is 14.1. The van der Waals surface area contributed by atoms with Crippen molar-refractivity contribution >= 4 is 15.8 Å². The fraction of sp³-hybridized carbons (Fsp3) is 0.333. The molecule has 0 aliphatic carbocycles. The van der Waals surface area contributed by atoms with Crippen LogP contribution < -0.4 is 5.73 Å². The molecule has 0 amide bonds. The van der Waals surface area contributed by atoms with Gasteiger partial charge in [-0.05, 0) is 38.1 Å². The first-order valence-corrected chi connectivity index (χ1v) is 6.52. The first kappa shape index (κ1) is 18.8. The molecule has 0 bridgehead atoms. The Morgan fingerprint density at radius 1 is 1.18 bits per heavy atom. The standard InChI is InChI=1S/C6H7NO3S.C3H8O.O.Ti/c7-5-1-3-6(4-2-5)11(8,9)10;1-3(2)4;;/h1-4H,7H2,(H,8,9,10);3-4H,1-2H3;;. The van der Waals surface area contributed by atoms with Gasteiger partial charge in [0.25, 0.3) is 10.1 Å². The third-order valence-corrected chi connectivity index (χ3v) is 2.05. The Hall–Kier alpha value is -0.596. The van der Waals surface area contributed by atoms with E-state index in [-0.39, 0.29) is 11.0 Å². The summed E-state index contributed by atoms with van der Waals surface area (Å²) in [7, 11) is -4.08. The van der Waals surface area contributed by atoms with Crippen molar-refractivity contribution in [2.24, 2.45) is 0 Å². The van der Waals surface area contributed by atoms with Crippen LogP contribution in [-0.2, 0) is 33.8 Å². The van der Waals surface area contributed by atoms with E-state index in [9.17, 15) is 8.42 Å². The van der Waals surface area contributed by atoms with Crippen molar-refractivity contribution in [2.45, 2.75) is 24.8 Å². The van der Waals surface area contributed by atoms with Crippen LogP contribution in [0.25, 0.3) is 0 Å². The number of nitrogen functional groups attached to an aromatic ring is 1. The Labute approximate surface area is 112 Å². The van der Waals surface area contributed by atoms with Crippen molar-refractivity contribution in [2.75, 3.05) is 5.73 Å². The average molecular weight is 297 g/mol. The van der Waals surface area contributed by atoms with Crippen molar-refractivity contribution in [1.29, 1.82) is 0 Å². The van der Waals surface area contributed by atoms with E-state index in [1.807, 2.05) is 0 Å². The van der Waals surface area contributed by atoms with Crippen LogP contribution in [-0.4, -0.2) is 24.2 Å². The molecule has 96 valence electrons. The molecule has 0 saturated carbocycles. The maximum absolute atomic E-state index is 10.5. The molecule has 4 N–H and O–H groups in total. The molecule has 1 aromatic carbocycles. The third kappa shape index (κ3) is 11.7. The van der Waals surface area contributed by atoms with Gasteiger partial charge in [-0.15, -0.1) is 0 Å². The maximum atomic E-state index is 10.5. The van der Waals surface area contributed by atoms with Crippen LogP contribution >= 0.6 is 0 Å². The molecule has 1 rings (SSSR count). The predicted octanol–water partition coefficient (Wildman–Crippen LogP) is 0.781. The van der Waals surface area contributed by atoms with E-state index < -0.39 is 10.1 Å². The molecule has 0 saturated heterocycles. The van der Waals surface area contributed by atoms with Crippen molar-refractivity contribution in [3.05, 3.63) is 24.3 Å². The fourth-order valence-corrected chi connectivity index (χ4v) is 1.12. The van der Waals surface area contributed by atoms with E-state index in [4.69, 9.17) is 18.7 Å². The van der Waals surface area contributed by atoms with Crippen LogP contribution in [0.5, 0.6) is 0 Å². The molecule has 6 nitrogen and oxygen atoms in total. The van der Waals surface area contributed by atoms with Gasteiger partial charge in [0.1, 0.15) is 0 Å². The molecule has 0 atom stereocenters. The minimum atomic E-state index is -4.08. The number of hydrogen-bond donors (Lipinski definition) is 3. The van der Waals surface area contributed by atoms with Gasteiger partial charge >= 0.3 is 23.7 Å². The van der Waals surface area contributed by atoms with Gasteiger partial charge in [0.05, 0.1) is 4.90 Å². The Kier molecular flexibility index (Phi) is 10.4. The quantitative estimate of drug-likeness (QED) is 0.400. The zero-order valence-corrected chi connectivity index (χ0v) is 11.9. The summed E-state index contributed by atoms with van der Waals surface area (Å²) in [5, 5.41) is 8.06. The molecule has 0 unspecified atom stereocenters. The molecular weight excluding hydrogens is 282 g/mol. The summed E-state index contributed by atoms with van der Waals surface area (Å²) in [5.74, 6) is 0. The molecular formula is C9H15NO5STi. The molecule has 1 aromatic rings. The topological polar surface area (TPSA) is 118 Å². The van der Waals surface area contributed by atoms with Gasteiger partial charge in [-0.25, -0.2) is 0 Å². The second kappa shape index (κ2) is 9.44. The summed E-state index contributed by atoms with van der Waals surface area (Å²) in [6, 6.07) is 5.29. The molecule has 0 radical (unpaired) electrons. The molecule has 0 aliphatic rings. The Balaban J connectivity index is 0. The van der Waals surface area contributed by atoms with Crippen LogP contribution in [0.15, 0.2) is 29.2 Å². The number of aliphatic hydroxyl groups is 1. The summed E-state index contributed by atoms with van der Waals surface area (Å²) in [6.45, 7) is 3.44. The number of hydrogen-bond acceptors (Lipinski definition) is 5. The van der Waals surface area contributed by atoms with Gasteiger partial charge in [-0.2, -0.15) is 8.42 Å². The molecule has 0 aliphatic heterocycles. The second-order valence-corrected chi connectivity index (χ2v) is 4.56. The van der Waals surface area contributed by atoms with Gasteiger partial charge in [-0.1, -0.05) is 0 Å². The van der Waals surface area contributed by atoms with Gasteiger partial charge < -0.3 is 10.8 Å².